The largest absolute Gasteiger partial charge is 0.493 e. The SMILES string of the molecule is COc1cc(C(N)C(=O)O)c(Cl)c2c1OCC2. The van der Waals surface area contributed by atoms with Crippen molar-refractivity contribution in [2.24, 2.45) is 5.73 Å². The smallest absolute Gasteiger partial charge is 0.325 e. The highest BCUT2D eigenvalue weighted by atomic mass is 35.5. The van der Waals surface area contributed by atoms with Gasteiger partial charge in [-0.3, -0.25) is 4.79 Å². The van der Waals surface area contributed by atoms with E-state index < -0.39 is 12.0 Å². The average molecular weight is 258 g/mol. The van der Waals surface area contributed by atoms with Crippen LogP contribution in [0.1, 0.15) is 17.2 Å². The predicted molar refractivity (Wildman–Crippen MR) is 61.8 cm³/mol. The van der Waals surface area contributed by atoms with Gasteiger partial charge < -0.3 is 20.3 Å². The molecule has 0 saturated carbocycles. The predicted octanol–water partition coefficient (Wildman–Crippen LogP) is 1.37. The van der Waals surface area contributed by atoms with E-state index >= 15 is 0 Å². The quantitative estimate of drug-likeness (QED) is 0.855. The van der Waals surface area contributed by atoms with E-state index in [2.05, 4.69) is 0 Å². The fourth-order valence-electron chi connectivity index (χ4n) is 1.84. The first-order valence-electron chi connectivity index (χ1n) is 5.06. The van der Waals surface area contributed by atoms with E-state index in [-0.39, 0.29) is 0 Å². The van der Waals surface area contributed by atoms with Crippen molar-refractivity contribution < 1.29 is 19.4 Å². The number of aliphatic carboxylic acids is 1. The number of ether oxygens (including phenoxy) is 2. The standard InChI is InChI=1S/C11H12ClNO4/c1-16-7-4-6(9(13)11(14)15)8(12)5-2-3-17-10(5)7/h4,9H,2-3,13H2,1H3,(H,14,15). The van der Waals surface area contributed by atoms with Gasteiger partial charge in [0.05, 0.1) is 18.7 Å². The lowest BCUT2D eigenvalue weighted by Crippen LogP contribution is -2.21. The average Bonchev–Trinajstić information content (AvgIpc) is 2.78. The number of halogens is 1. The van der Waals surface area contributed by atoms with Gasteiger partial charge in [0.2, 0.25) is 0 Å². The number of carboxylic acid groups (broad SMARTS) is 1. The molecule has 1 aliphatic heterocycles. The first-order valence-corrected chi connectivity index (χ1v) is 5.44. The summed E-state index contributed by atoms with van der Waals surface area (Å²) in [5.41, 5.74) is 6.69. The van der Waals surface area contributed by atoms with Crippen molar-refractivity contribution in [2.45, 2.75) is 12.5 Å². The summed E-state index contributed by atoms with van der Waals surface area (Å²) in [7, 11) is 1.49. The molecule has 6 heteroatoms. The van der Waals surface area contributed by atoms with Crippen molar-refractivity contribution in [3.05, 3.63) is 22.2 Å². The third-order valence-electron chi connectivity index (χ3n) is 2.72. The second-order valence-electron chi connectivity index (χ2n) is 3.70. The van der Waals surface area contributed by atoms with Crippen LogP contribution in [0.3, 0.4) is 0 Å². The molecule has 0 radical (unpaired) electrons. The van der Waals surface area contributed by atoms with Crippen LogP contribution in [-0.2, 0) is 11.2 Å². The zero-order valence-corrected chi connectivity index (χ0v) is 9.95. The summed E-state index contributed by atoms with van der Waals surface area (Å²) in [6, 6.07) is 0.355. The van der Waals surface area contributed by atoms with Gasteiger partial charge in [-0.2, -0.15) is 0 Å². The van der Waals surface area contributed by atoms with Crippen LogP contribution >= 0.6 is 11.6 Å². The Kier molecular flexibility index (Phi) is 3.13. The number of carboxylic acids is 1. The molecule has 1 unspecified atom stereocenters. The number of carbonyl (C=O) groups is 1. The highest BCUT2D eigenvalue weighted by molar-refractivity contribution is 6.32. The maximum absolute atomic E-state index is 10.9. The van der Waals surface area contributed by atoms with Crippen LogP contribution in [-0.4, -0.2) is 24.8 Å². The van der Waals surface area contributed by atoms with Gasteiger partial charge in [-0.25, -0.2) is 0 Å². The Labute approximate surface area is 103 Å². The number of rotatable bonds is 3. The molecule has 92 valence electrons. The molecule has 17 heavy (non-hydrogen) atoms. The van der Waals surface area contributed by atoms with Crippen LogP contribution in [0.4, 0.5) is 0 Å². The molecule has 0 aromatic heterocycles. The van der Waals surface area contributed by atoms with Crippen molar-refractivity contribution in [3.8, 4) is 11.5 Å². The van der Waals surface area contributed by atoms with Gasteiger partial charge in [0.25, 0.3) is 0 Å². The van der Waals surface area contributed by atoms with Crippen LogP contribution in [0.5, 0.6) is 11.5 Å². The minimum absolute atomic E-state index is 0.347. The lowest BCUT2D eigenvalue weighted by atomic mass is 10.0. The molecular formula is C11H12ClNO4. The van der Waals surface area contributed by atoms with E-state index in [4.69, 9.17) is 31.9 Å². The molecule has 0 saturated heterocycles. The fraction of sp³-hybridized carbons (Fsp3) is 0.364. The number of methoxy groups -OCH3 is 1. The van der Waals surface area contributed by atoms with Crippen LogP contribution in [0.2, 0.25) is 5.02 Å². The van der Waals surface area contributed by atoms with Crippen LogP contribution in [0, 0.1) is 0 Å². The van der Waals surface area contributed by atoms with E-state index in [0.717, 1.165) is 5.56 Å². The van der Waals surface area contributed by atoms with Crippen molar-refractivity contribution in [2.75, 3.05) is 13.7 Å². The van der Waals surface area contributed by atoms with Crippen molar-refractivity contribution >= 4 is 17.6 Å². The third-order valence-corrected chi connectivity index (χ3v) is 3.17. The lowest BCUT2D eigenvalue weighted by molar-refractivity contribution is -0.138. The van der Waals surface area contributed by atoms with Crippen LogP contribution < -0.4 is 15.2 Å². The molecule has 1 aromatic rings. The molecule has 5 nitrogen and oxygen atoms in total. The van der Waals surface area contributed by atoms with Gasteiger partial charge >= 0.3 is 5.97 Å². The van der Waals surface area contributed by atoms with E-state index in [9.17, 15) is 4.79 Å². The van der Waals surface area contributed by atoms with Gasteiger partial charge in [-0.15, -0.1) is 0 Å². The molecule has 1 atom stereocenters. The molecule has 1 aromatic carbocycles. The topological polar surface area (TPSA) is 81.8 Å². The zero-order chi connectivity index (χ0) is 12.6. The number of hydrogen-bond acceptors (Lipinski definition) is 4. The summed E-state index contributed by atoms with van der Waals surface area (Å²) in [6.45, 7) is 0.511. The molecule has 0 spiro atoms. The Morgan fingerprint density at radius 2 is 2.41 bits per heavy atom. The minimum Gasteiger partial charge on any atom is -0.493 e. The summed E-state index contributed by atoms with van der Waals surface area (Å²) in [5.74, 6) is -0.0831. The second kappa shape index (κ2) is 4.43. The number of nitrogens with two attached hydrogens (primary N) is 1. The van der Waals surface area contributed by atoms with Crippen molar-refractivity contribution in [1.82, 2.24) is 0 Å². The second-order valence-corrected chi connectivity index (χ2v) is 4.08. The number of fused-ring (bicyclic) bond motifs is 1. The van der Waals surface area contributed by atoms with Crippen LogP contribution in [0.15, 0.2) is 6.07 Å². The first-order chi connectivity index (χ1) is 8.06. The molecule has 2 rings (SSSR count). The Balaban J connectivity index is 2.58. The summed E-state index contributed by atoms with van der Waals surface area (Å²) >= 11 is 6.14. The van der Waals surface area contributed by atoms with Gasteiger partial charge in [0.15, 0.2) is 11.5 Å². The Morgan fingerprint density at radius 3 is 3.00 bits per heavy atom. The monoisotopic (exact) mass is 257 g/mol. The Morgan fingerprint density at radius 1 is 1.71 bits per heavy atom. The van der Waals surface area contributed by atoms with E-state index in [1.807, 2.05) is 0 Å². The molecule has 0 bridgehead atoms. The lowest BCUT2D eigenvalue weighted by Gasteiger charge is -2.14. The van der Waals surface area contributed by atoms with Gasteiger partial charge in [-0.1, -0.05) is 11.6 Å². The molecule has 0 fully saturated rings. The number of hydrogen-bond donors (Lipinski definition) is 2. The number of benzene rings is 1. The summed E-state index contributed by atoms with van der Waals surface area (Å²) in [5, 5.41) is 9.27. The van der Waals surface area contributed by atoms with Gasteiger partial charge in [-0.05, 0) is 6.07 Å². The molecular weight excluding hydrogens is 246 g/mol. The maximum Gasteiger partial charge on any atom is 0.325 e. The summed E-state index contributed by atoms with van der Waals surface area (Å²) in [4.78, 5) is 10.9. The molecule has 1 aliphatic rings. The molecule has 3 N–H and O–H groups in total. The van der Waals surface area contributed by atoms with Crippen molar-refractivity contribution in [3.63, 3.8) is 0 Å². The third kappa shape index (κ3) is 1.92. The van der Waals surface area contributed by atoms with E-state index in [1.54, 1.807) is 0 Å². The summed E-state index contributed by atoms with van der Waals surface area (Å²) < 4.78 is 10.5. The molecule has 1 heterocycles. The molecule has 0 amide bonds. The zero-order valence-electron chi connectivity index (χ0n) is 9.20. The minimum atomic E-state index is -1.16. The maximum atomic E-state index is 10.9. The fourth-order valence-corrected chi connectivity index (χ4v) is 2.19. The van der Waals surface area contributed by atoms with Gasteiger partial charge in [0.1, 0.15) is 6.04 Å². The van der Waals surface area contributed by atoms with Gasteiger partial charge in [0, 0.05) is 17.5 Å². The van der Waals surface area contributed by atoms with E-state index in [1.165, 1.54) is 13.2 Å². The highest BCUT2D eigenvalue weighted by Gasteiger charge is 2.27. The highest BCUT2D eigenvalue weighted by Crippen LogP contribution is 2.43. The summed E-state index contributed by atoms with van der Waals surface area (Å²) in [6.07, 6.45) is 0.630. The molecule has 0 aliphatic carbocycles. The van der Waals surface area contributed by atoms with Crippen molar-refractivity contribution in [1.29, 1.82) is 0 Å². The Bertz CT molecular complexity index is 475. The normalized spacial score (nSPS) is 15.0. The van der Waals surface area contributed by atoms with E-state index in [0.29, 0.717) is 35.1 Å². The Hall–Kier alpha value is -1.46. The van der Waals surface area contributed by atoms with Crippen LogP contribution in [0.25, 0.3) is 0 Å². The first kappa shape index (κ1) is 12.0.